The van der Waals surface area contributed by atoms with Crippen molar-refractivity contribution in [3.8, 4) is 0 Å². The van der Waals surface area contributed by atoms with E-state index < -0.39 is 6.10 Å². The van der Waals surface area contributed by atoms with E-state index in [1.165, 1.54) is 186 Å². The first-order chi connectivity index (χ1) is 27.7. The first-order valence-corrected chi connectivity index (χ1v) is 24.7. The fraction of sp³-hybridized carbons (Fsp3) is 0.827. The lowest BCUT2D eigenvalue weighted by Crippen LogP contribution is -2.27. The summed E-state index contributed by atoms with van der Waals surface area (Å²) in [7, 11) is 0. The molecular weight excluding hydrogens is 689 g/mol. The van der Waals surface area contributed by atoms with Crippen LogP contribution in [0.5, 0.6) is 0 Å². The lowest BCUT2D eigenvalue weighted by atomic mass is 10.0. The standard InChI is InChI=1S/C52H96O4/c1-3-5-7-9-11-13-15-17-19-21-23-25-26-27-28-29-31-33-35-37-39-41-43-45-47-52(54)56-51(49-53)50-55-48-46-44-42-40-38-36-34-32-30-24-22-20-18-16-14-12-10-8-6-4-2/h6,8,12,14,18,20,24,30,51,53H,3-5,7,9-11,13,15-17,19,21-23,25-29,31-50H2,1-2H3/b8-6-,14-12-,20-18-,30-24-. The Balaban J connectivity index is 3.40. The third kappa shape index (κ3) is 46.7. The summed E-state index contributed by atoms with van der Waals surface area (Å²) in [5.41, 5.74) is 0. The molecule has 56 heavy (non-hydrogen) atoms. The Labute approximate surface area is 350 Å². The zero-order valence-electron chi connectivity index (χ0n) is 37.7. The Morgan fingerprint density at radius 1 is 0.446 bits per heavy atom. The van der Waals surface area contributed by atoms with Crippen LogP contribution in [0.1, 0.15) is 251 Å². The van der Waals surface area contributed by atoms with Crippen molar-refractivity contribution in [3.05, 3.63) is 48.6 Å². The quantitative estimate of drug-likeness (QED) is 0.0379. The zero-order chi connectivity index (χ0) is 40.5. The number of allylic oxidation sites excluding steroid dienone is 8. The molecule has 0 spiro atoms. The van der Waals surface area contributed by atoms with Crippen molar-refractivity contribution in [1.82, 2.24) is 0 Å². The lowest BCUT2D eigenvalue weighted by Gasteiger charge is -2.16. The van der Waals surface area contributed by atoms with Gasteiger partial charge in [0.15, 0.2) is 0 Å². The number of ether oxygens (including phenoxy) is 2. The Morgan fingerprint density at radius 3 is 1.21 bits per heavy atom. The fourth-order valence-corrected chi connectivity index (χ4v) is 7.26. The molecule has 0 fully saturated rings. The molecule has 1 N–H and O–H groups in total. The van der Waals surface area contributed by atoms with E-state index in [9.17, 15) is 9.90 Å². The highest BCUT2D eigenvalue weighted by atomic mass is 16.6. The van der Waals surface area contributed by atoms with Crippen molar-refractivity contribution in [2.45, 2.75) is 258 Å². The first kappa shape index (κ1) is 54.3. The Morgan fingerprint density at radius 2 is 0.804 bits per heavy atom. The maximum atomic E-state index is 12.3. The van der Waals surface area contributed by atoms with Gasteiger partial charge in [0.2, 0.25) is 0 Å². The molecule has 0 radical (unpaired) electrons. The van der Waals surface area contributed by atoms with Crippen LogP contribution < -0.4 is 0 Å². The van der Waals surface area contributed by atoms with E-state index in [4.69, 9.17) is 9.47 Å². The summed E-state index contributed by atoms with van der Waals surface area (Å²) >= 11 is 0. The van der Waals surface area contributed by atoms with Crippen molar-refractivity contribution in [2.24, 2.45) is 0 Å². The predicted molar refractivity (Wildman–Crippen MR) is 247 cm³/mol. The molecule has 0 aromatic heterocycles. The number of esters is 1. The molecule has 4 nitrogen and oxygen atoms in total. The van der Waals surface area contributed by atoms with Crippen molar-refractivity contribution in [2.75, 3.05) is 19.8 Å². The normalized spacial score (nSPS) is 12.7. The van der Waals surface area contributed by atoms with Gasteiger partial charge in [-0.2, -0.15) is 0 Å². The molecule has 0 saturated heterocycles. The minimum atomic E-state index is -0.540. The van der Waals surface area contributed by atoms with E-state index in [1.807, 2.05) is 0 Å². The smallest absolute Gasteiger partial charge is 0.306 e. The molecular formula is C52H96O4. The van der Waals surface area contributed by atoms with Gasteiger partial charge in [-0.1, -0.05) is 242 Å². The lowest BCUT2D eigenvalue weighted by molar-refractivity contribution is -0.154. The molecule has 0 bridgehead atoms. The number of aliphatic hydroxyl groups is 1. The zero-order valence-corrected chi connectivity index (χ0v) is 37.7. The summed E-state index contributed by atoms with van der Waals surface area (Å²) in [5.74, 6) is -0.201. The highest BCUT2D eigenvalue weighted by Crippen LogP contribution is 2.16. The SMILES string of the molecule is CC/C=C\C/C=C\C/C=C\C/C=C\CCCCCCCCCOCC(CO)OC(=O)CCCCCCCCCCCCCCCCCCCCCCCCCC. The van der Waals surface area contributed by atoms with Crippen molar-refractivity contribution in [3.63, 3.8) is 0 Å². The second-order valence-electron chi connectivity index (χ2n) is 16.5. The summed E-state index contributed by atoms with van der Waals surface area (Å²) in [6, 6.07) is 0. The van der Waals surface area contributed by atoms with Crippen LogP contribution in [0.2, 0.25) is 0 Å². The minimum absolute atomic E-state index is 0.175. The molecule has 0 aliphatic rings. The summed E-state index contributed by atoms with van der Waals surface area (Å²) in [5, 5.41) is 9.64. The van der Waals surface area contributed by atoms with Crippen molar-refractivity contribution >= 4 is 5.97 Å². The topological polar surface area (TPSA) is 55.8 Å². The van der Waals surface area contributed by atoms with E-state index >= 15 is 0 Å². The second kappa shape index (κ2) is 49.5. The first-order valence-electron chi connectivity index (χ1n) is 24.7. The molecule has 0 amide bonds. The molecule has 0 aliphatic carbocycles. The van der Waals surface area contributed by atoms with Crippen LogP contribution in [0.3, 0.4) is 0 Å². The van der Waals surface area contributed by atoms with E-state index in [2.05, 4.69) is 62.5 Å². The van der Waals surface area contributed by atoms with Crippen LogP contribution in [-0.2, 0) is 14.3 Å². The van der Waals surface area contributed by atoms with Gasteiger partial charge in [-0.3, -0.25) is 4.79 Å². The Kier molecular flexibility index (Phi) is 48.0. The van der Waals surface area contributed by atoms with Crippen LogP contribution in [-0.4, -0.2) is 37.0 Å². The molecule has 1 unspecified atom stereocenters. The number of hydrogen-bond acceptors (Lipinski definition) is 4. The van der Waals surface area contributed by atoms with Gasteiger partial charge in [0.25, 0.3) is 0 Å². The molecule has 0 aromatic carbocycles. The molecule has 0 aliphatic heterocycles. The molecule has 328 valence electrons. The van der Waals surface area contributed by atoms with Gasteiger partial charge >= 0.3 is 5.97 Å². The van der Waals surface area contributed by atoms with Crippen LogP contribution in [0.25, 0.3) is 0 Å². The van der Waals surface area contributed by atoms with E-state index in [-0.39, 0.29) is 12.6 Å². The largest absolute Gasteiger partial charge is 0.457 e. The minimum Gasteiger partial charge on any atom is -0.457 e. The Hall–Kier alpha value is -1.65. The van der Waals surface area contributed by atoms with E-state index in [0.717, 1.165) is 44.9 Å². The van der Waals surface area contributed by atoms with Gasteiger partial charge in [0.05, 0.1) is 13.2 Å². The average Bonchev–Trinajstić information content (AvgIpc) is 3.20. The van der Waals surface area contributed by atoms with Gasteiger partial charge in [-0.05, 0) is 51.4 Å². The molecule has 0 heterocycles. The van der Waals surface area contributed by atoms with Crippen LogP contribution >= 0.6 is 0 Å². The highest BCUT2D eigenvalue weighted by Gasteiger charge is 2.13. The maximum absolute atomic E-state index is 12.3. The number of hydrogen-bond donors (Lipinski definition) is 1. The van der Waals surface area contributed by atoms with Crippen LogP contribution in [0, 0.1) is 0 Å². The summed E-state index contributed by atoms with van der Waals surface area (Å²) < 4.78 is 11.2. The third-order valence-corrected chi connectivity index (χ3v) is 10.9. The molecule has 1 atom stereocenters. The summed E-state index contributed by atoms with van der Waals surface area (Å²) in [4.78, 5) is 12.3. The summed E-state index contributed by atoms with van der Waals surface area (Å²) in [6.45, 7) is 5.25. The number of aliphatic hydroxyl groups excluding tert-OH is 1. The third-order valence-electron chi connectivity index (χ3n) is 10.9. The molecule has 0 saturated carbocycles. The predicted octanol–water partition coefficient (Wildman–Crippen LogP) is 16.6. The van der Waals surface area contributed by atoms with Gasteiger partial charge in [0.1, 0.15) is 6.10 Å². The van der Waals surface area contributed by atoms with Crippen molar-refractivity contribution in [1.29, 1.82) is 0 Å². The molecule has 4 heteroatoms. The van der Waals surface area contributed by atoms with E-state index in [0.29, 0.717) is 19.6 Å². The fourth-order valence-electron chi connectivity index (χ4n) is 7.26. The van der Waals surface area contributed by atoms with Gasteiger partial charge in [-0.15, -0.1) is 0 Å². The van der Waals surface area contributed by atoms with Gasteiger partial charge in [-0.25, -0.2) is 0 Å². The number of rotatable bonds is 46. The van der Waals surface area contributed by atoms with Gasteiger partial charge in [0, 0.05) is 13.0 Å². The van der Waals surface area contributed by atoms with Gasteiger partial charge < -0.3 is 14.6 Å². The van der Waals surface area contributed by atoms with Crippen LogP contribution in [0.4, 0.5) is 0 Å². The second-order valence-corrected chi connectivity index (χ2v) is 16.5. The number of carbonyl (C=O) groups is 1. The molecule has 0 rings (SSSR count). The Bertz CT molecular complexity index is 874. The van der Waals surface area contributed by atoms with Crippen LogP contribution in [0.15, 0.2) is 48.6 Å². The molecule has 0 aromatic rings. The number of carbonyl (C=O) groups excluding carboxylic acids is 1. The monoisotopic (exact) mass is 785 g/mol. The maximum Gasteiger partial charge on any atom is 0.306 e. The average molecular weight is 785 g/mol. The van der Waals surface area contributed by atoms with E-state index in [1.54, 1.807) is 0 Å². The number of unbranched alkanes of at least 4 members (excludes halogenated alkanes) is 30. The highest BCUT2D eigenvalue weighted by molar-refractivity contribution is 5.69. The summed E-state index contributed by atoms with van der Waals surface area (Å²) in [6.07, 6.45) is 64.9. The van der Waals surface area contributed by atoms with Crippen molar-refractivity contribution < 1.29 is 19.4 Å².